The molecule has 18 heavy (non-hydrogen) atoms. The molecule has 1 unspecified atom stereocenters. The Labute approximate surface area is 107 Å². The van der Waals surface area contributed by atoms with Crippen LogP contribution in [0.3, 0.4) is 0 Å². The highest BCUT2D eigenvalue weighted by molar-refractivity contribution is 5.98. The molecule has 2 amide bonds. The van der Waals surface area contributed by atoms with Crippen LogP contribution in [-0.4, -0.2) is 35.8 Å². The Kier molecular flexibility index (Phi) is 3.65. The number of nitrogens with zero attached hydrogens (tertiary/aromatic N) is 1. The van der Waals surface area contributed by atoms with E-state index in [0.29, 0.717) is 25.1 Å². The topological polar surface area (TPSA) is 49.4 Å². The van der Waals surface area contributed by atoms with Crippen LogP contribution >= 0.6 is 0 Å². The van der Waals surface area contributed by atoms with Gasteiger partial charge in [-0.15, -0.1) is 0 Å². The number of hydrogen-bond donors (Lipinski definition) is 1. The van der Waals surface area contributed by atoms with E-state index in [1.807, 2.05) is 38.1 Å². The second kappa shape index (κ2) is 5.21. The van der Waals surface area contributed by atoms with Crippen molar-refractivity contribution in [1.29, 1.82) is 0 Å². The minimum absolute atomic E-state index is 0.0517. The Morgan fingerprint density at radius 2 is 2.06 bits per heavy atom. The van der Waals surface area contributed by atoms with Crippen LogP contribution in [0.5, 0.6) is 0 Å². The highest BCUT2D eigenvalue weighted by atomic mass is 16.2. The number of carbonyl (C=O) groups is 2. The van der Waals surface area contributed by atoms with Gasteiger partial charge in [0.25, 0.3) is 5.91 Å². The lowest BCUT2D eigenvalue weighted by atomic mass is 10.1. The normalized spacial score (nSPS) is 19.6. The van der Waals surface area contributed by atoms with E-state index >= 15 is 0 Å². The summed E-state index contributed by atoms with van der Waals surface area (Å²) >= 11 is 0. The van der Waals surface area contributed by atoms with Crippen molar-refractivity contribution in [2.45, 2.75) is 26.3 Å². The van der Waals surface area contributed by atoms with Gasteiger partial charge in [0.15, 0.2) is 0 Å². The molecule has 1 fully saturated rings. The Morgan fingerprint density at radius 3 is 2.67 bits per heavy atom. The molecule has 0 spiro atoms. The molecule has 0 aromatic heterocycles. The minimum Gasteiger partial charge on any atom is -0.353 e. The summed E-state index contributed by atoms with van der Waals surface area (Å²) in [4.78, 5) is 25.8. The molecule has 1 saturated heterocycles. The summed E-state index contributed by atoms with van der Waals surface area (Å²) in [7, 11) is 0. The van der Waals surface area contributed by atoms with Crippen molar-refractivity contribution < 1.29 is 9.59 Å². The van der Waals surface area contributed by atoms with E-state index < -0.39 is 0 Å². The lowest BCUT2D eigenvalue weighted by Crippen LogP contribution is -2.56. The van der Waals surface area contributed by atoms with E-state index in [0.717, 1.165) is 5.56 Å². The van der Waals surface area contributed by atoms with Gasteiger partial charge in [0, 0.05) is 18.7 Å². The SMILES string of the molecule is CCC1C(=O)NCCN1C(=O)c1ccc(C)cc1. The van der Waals surface area contributed by atoms with E-state index in [1.165, 1.54) is 0 Å². The van der Waals surface area contributed by atoms with E-state index in [1.54, 1.807) is 4.90 Å². The predicted molar refractivity (Wildman–Crippen MR) is 69.3 cm³/mol. The molecule has 1 aromatic rings. The fourth-order valence-electron chi connectivity index (χ4n) is 2.23. The van der Waals surface area contributed by atoms with Gasteiger partial charge in [-0.05, 0) is 25.5 Å². The first-order valence-electron chi connectivity index (χ1n) is 6.29. The molecule has 1 aromatic carbocycles. The van der Waals surface area contributed by atoms with E-state index in [2.05, 4.69) is 5.32 Å². The molecule has 1 heterocycles. The minimum atomic E-state index is -0.340. The molecule has 4 heteroatoms. The van der Waals surface area contributed by atoms with Crippen LogP contribution in [0.4, 0.5) is 0 Å². The summed E-state index contributed by atoms with van der Waals surface area (Å²) in [5.41, 5.74) is 1.77. The van der Waals surface area contributed by atoms with Crippen LogP contribution in [0.1, 0.15) is 29.3 Å². The van der Waals surface area contributed by atoms with Gasteiger partial charge in [0.1, 0.15) is 6.04 Å². The van der Waals surface area contributed by atoms with Crippen molar-refractivity contribution in [2.24, 2.45) is 0 Å². The molecular weight excluding hydrogens is 228 g/mol. The van der Waals surface area contributed by atoms with Crippen LogP contribution in [0.2, 0.25) is 0 Å². The summed E-state index contributed by atoms with van der Waals surface area (Å²) in [6.45, 7) is 5.02. The molecule has 0 saturated carbocycles. The van der Waals surface area contributed by atoms with Gasteiger partial charge in [-0.1, -0.05) is 24.6 Å². The fraction of sp³-hybridized carbons (Fsp3) is 0.429. The molecule has 0 bridgehead atoms. The predicted octanol–water partition coefficient (Wildman–Crippen LogP) is 1.35. The van der Waals surface area contributed by atoms with Gasteiger partial charge in [-0.2, -0.15) is 0 Å². The van der Waals surface area contributed by atoms with Crippen molar-refractivity contribution in [2.75, 3.05) is 13.1 Å². The lowest BCUT2D eigenvalue weighted by molar-refractivity contribution is -0.127. The first-order chi connectivity index (χ1) is 8.63. The zero-order valence-electron chi connectivity index (χ0n) is 10.8. The number of piperazine rings is 1. The molecule has 0 aliphatic carbocycles. The third kappa shape index (κ3) is 2.37. The molecule has 0 radical (unpaired) electrons. The molecular formula is C14H18N2O2. The quantitative estimate of drug-likeness (QED) is 0.856. The second-order valence-electron chi connectivity index (χ2n) is 4.58. The number of carbonyl (C=O) groups excluding carboxylic acids is 2. The van der Waals surface area contributed by atoms with Crippen LogP contribution < -0.4 is 5.32 Å². The lowest BCUT2D eigenvalue weighted by Gasteiger charge is -2.34. The van der Waals surface area contributed by atoms with E-state index in [4.69, 9.17) is 0 Å². The Morgan fingerprint density at radius 1 is 1.39 bits per heavy atom. The van der Waals surface area contributed by atoms with Crippen LogP contribution in [0.25, 0.3) is 0 Å². The summed E-state index contributed by atoms with van der Waals surface area (Å²) in [6, 6.07) is 7.12. The van der Waals surface area contributed by atoms with Gasteiger partial charge in [-0.25, -0.2) is 0 Å². The molecule has 1 N–H and O–H groups in total. The van der Waals surface area contributed by atoms with Gasteiger partial charge in [0.2, 0.25) is 5.91 Å². The number of nitrogens with one attached hydrogen (secondary N) is 1. The molecule has 1 aliphatic rings. The smallest absolute Gasteiger partial charge is 0.254 e. The molecule has 1 atom stereocenters. The van der Waals surface area contributed by atoms with Crippen LogP contribution in [0, 0.1) is 6.92 Å². The van der Waals surface area contributed by atoms with Gasteiger partial charge >= 0.3 is 0 Å². The molecule has 4 nitrogen and oxygen atoms in total. The zero-order valence-corrected chi connectivity index (χ0v) is 10.8. The summed E-state index contributed by atoms with van der Waals surface area (Å²) < 4.78 is 0. The first kappa shape index (κ1) is 12.6. The number of rotatable bonds is 2. The van der Waals surface area contributed by atoms with Crippen molar-refractivity contribution in [3.05, 3.63) is 35.4 Å². The van der Waals surface area contributed by atoms with Gasteiger partial charge in [0.05, 0.1) is 0 Å². The number of benzene rings is 1. The highest BCUT2D eigenvalue weighted by Gasteiger charge is 2.31. The maximum atomic E-state index is 12.4. The molecule has 1 aliphatic heterocycles. The van der Waals surface area contributed by atoms with Gasteiger partial charge in [-0.3, -0.25) is 9.59 Å². The molecule has 96 valence electrons. The highest BCUT2D eigenvalue weighted by Crippen LogP contribution is 2.14. The number of aryl methyl sites for hydroxylation is 1. The average molecular weight is 246 g/mol. The zero-order chi connectivity index (χ0) is 13.1. The third-order valence-electron chi connectivity index (χ3n) is 3.28. The average Bonchev–Trinajstić information content (AvgIpc) is 2.38. The fourth-order valence-corrected chi connectivity index (χ4v) is 2.23. The van der Waals surface area contributed by atoms with E-state index in [-0.39, 0.29) is 17.9 Å². The maximum absolute atomic E-state index is 12.4. The van der Waals surface area contributed by atoms with Crippen molar-refractivity contribution in [3.8, 4) is 0 Å². The van der Waals surface area contributed by atoms with Gasteiger partial charge < -0.3 is 10.2 Å². The summed E-state index contributed by atoms with van der Waals surface area (Å²) in [6.07, 6.45) is 0.642. The third-order valence-corrected chi connectivity index (χ3v) is 3.28. The van der Waals surface area contributed by atoms with Crippen LogP contribution in [0.15, 0.2) is 24.3 Å². The summed E-state index contributed by atoms with van der Waals surface area (Å²) in [5, 5.41) is 2.80. The largest absolute Gasteiger partial charge is 0.353 e. The standard InChI is InChI=1S/C14H18N2O2/c1-3-12-13(17)15-8-9-16(12)14(18)11-6-4-10(2)5-7-11/h4-7,12H,3,8-9H2,1-2H3,(H,15,17). The maximum Gasteiger partial charge on any atom is 0.254 e. The van der Waals surface area contributed by atoms with Crippen LogP contribution in [-0.2, 0) is 4.79 Å². The second-order valence-corrected chi connectivity index (χ2v) is 4.58. The Bertz CT molecular complexity index is 453. The monoisotopic (exact) mass is 246 g/mol. The van der Waals surface area contributed by atoms with Crippen molar-refractivity contribution in [1.82, 2.24) is 10.2 Å². The number of amides is 2. The molecule has 2 rings (SSSR count). The number of hydrogen-bond acceptors (Lipinski definition) is 2. The first-order valence-corrected chi connectivity index (χ1v) is 6.29. The van der Waals surface area contributed by atoms with E-state index in [9.17, 15) is 9.59 Å². The Balaban J connectivity index is 2.21. The van der Waals surface area contributed by atoms with Crippen molar-refractivity contribution in [3.63, 3.8) is 0 Å². The summed E-state index contributed by atoms with van der Waals surface area (Å²) in [5.74, 6) is -0.110. The van der Waals surface area contributed by atoms with Crippen molar-refractivity contribution >= 4 is 11.8 Å². The Hall–Kier alpha value is -1.84.